The summed E-state index contributed by atoms with van der Waals surface area (Å²) in [4.78, 5) is 26.0. The molecular weight excluding hydrogens is 422 g/mol. The van der Waals surface area contributed by atoms with E-state index in [1.54, 1.807) is 12.1 Å². The first-order valence-corrected chi connectivity index (χ1v) is 8.20. The lowest BCUT2D eigenvalue weighted by Crippen LogP contribution is -2.44. The number of nitrogens with zero attached hydrogens (tertiary/aromatic N) is 3. The van der Waals surface area contributed by atoms with Crippen molar-refractivity contribution in [1.29, 1.82) is 0 Å². The molecule has 1 amide bonds. The van der Waals surface area contributed by atoms with Crippen LogP contribution in [0.15, 0.2) is 42.7 Å². The second kappa shape index (κ2) is 8.97. The van der Waals surface area contributed by atoms with Crippen LogP contribution in [0, 0.1) is 10.1 Å². The number of amides is 1. The van der Waals surface area contributed by atoms with E-state index >= 15 is 0 Å². The summed E-state index contributed by atoms with van der Waals surface area (Å²) in [6.07, 6.45) is -7.19. The average Bonchev–Trinajstić information content (AvgIpc) is 2.63. The van der Waals surface area contributed by atoms with E-state index in [0.29, 0.717) is 11.6 Å². The molecule has 0 radical (unpaired) electrons. The van der Waals surface area contributed by atoms with E-state index in [9.17, 15) is 41.3 Å². The second-order valence-corrected chi connectivity index (χ2v) is 6.09. The van der Waals surface area contributed by atoms with Gasteiger partial charge in [0.2, 0.25) is 0 Å². The number of carbonyl (C=O) groups is 1. The number of nitro groups is 1. The molecule has 1 aromatic heterocycles. The minimum atomic E-state index is -5.08. The summed E-state index contributed by atoms with van der Waals surface area (Å²) in [6, 6.07) is 5.86. The molecule has 0 atom stereocenters. The summed E-state index contributed by atoms with van der Waals surface area (Å²) >= 11 is 0. The third-order valence-electron chi connectivity index (χ3n) is 3.70. The molecule has 2 rings (SSSR count). The van der Waals surface area contributed by atoms with Gasteiger partial charge >= 0.3 is 12.4 Å². The van der Waals surface area contributed by atoms with Gasteiger partial charge in [-0.05, 0) is 29.8 Å². The van der Waals surface area contributed by atoms with Crippen LogP contribution in [-0.4, -0.2) is 46.2 Å². The average molecular weight is 436 g/mol. The lowest BCUT2D eigenvalue weighted by atomic mass is 10.1. The minimum absolute atomic E-state index is 0.0634. The molecule has 0 unspecified atom stereocenters. The van der Waals surface area contributed by atoms with E-state index in [1.807, 2.05) is 0 Å². The van der Waals surface area contributed by atoms with Gasteiger partial charge in [0.05, 0.1) is 4.92 Å². The summed E-state index contributed by atoms with van der Waals surface area (Å²) < 4.78 is 75.6. The van der Waals surface area contributed by atoms with Crippen LogP contribution < -0.4 is 5.32 Å². The molecule has 0 fully saturated rings. The zero-order chi connectivity index (χ0) is 22.5. The van der Waals surface area contributed by atoms with Crippen LogP contribution >= 0.6 is 0 Å². The molecule has 2 aromatic rings. The summed E-state index contributed by atoms with van der Waals surface area (Å²) in [5, 5.41) is 14.0. The van der Waals surface area contributed by atoms with E-state index in [0.717, 1.165) is 12.1 Å². The SMILES string of the molecule is O=C(c1ccc(NCc2ccncc2)c([N+](=O)[O-])c1)N(CC(F)(F)F)CC(F)(F)F. The predicted octanol–water partition coefficient (Wildman–Crippen LogP) is 4.17. The van der Waals surface area contributed by atoms with Crippen LogP contribution in [0.5, 0.6) is 0 Å². The number of nitro benzene ring substituents is 1. The van der Waals surface area contributed by atoms with Crippen LogP contribution in [0.25, 0.3) is 0 Å². The first-order chi connectivity index (χ1) is 13.9. The fourth-order valence-corrected chi connectivity index (χ4v) is 2.48. The summed E-state index contributed by atoms with van der Waals surface area (Å²) in [5.41, 5.74) is -0.703. The molecule has 7 nitrogen and oxygen atoms in total. The van der Waals surface area contributed by atoms with Gasteiger partial charge in [0, 0.05) is 30.6 Å². The van der Waals surface area contributed by atoms with E-state index < -0.39 is 52.4 Å². The smallest absolute Gasteiger partial charge is 0.375 e. The molecule has 30 heavy (non-hydrogen) atoms. The molecule has 0 aliphatic heterocycles. The van der Waals surface area contributed by atoms with Crippen LogP contribution in [0.3, 0.4) is 0 Å². The number of aromatic nitrogens is 1. The van der Waals surface area contributed by atoms with Crippen molar-refractivity contribution in [2.45, 2.75) is 18.9 Å². The number of anilines is 1. The van der Waals surface area contributed by atoms with Gasteiger partial charge in [-0.2, -0.15) is 26.3 Å². The Balaban J connectivity index is 2.29. The topological polar surface area (TPSA) is 88.4 Å². The number of halogens is 6. The zero-order valence-electron chi connectivity index (χ0n) is 15.0. The highest BCUT2D eigenvalue weighted by Crippen LogP contribution is 2.28. The second-order valence-electron chi connectivity index (χ2n) is 6.09. The van der Waals surface area contributed by atoms with Crippen LogP contribution in [0.4, 0.5) is 37.7 Å². The Labute approximate surface area is 165 Å². The van der Waals surface area contributed by atoms with Crippen molar-refractivity contribution < 1.29 is 36.1 Å². The number of carbonyl (C=O) groups excluding carboxylic acids is 1. The van der Waals surface area contributed by atoms with E-state index in [2.05, 4.69) is 10.3 Å². The largest absolute Gasteiger partial charge is 0.406 e. The number of hydrogen-bond donors (Lipinski definition) is 1. The molecule has 0 aliphatic carbocycles. The number of alkyl halides is 6. The number of nitrogens with one attached hydrogen (secondary N) is 1. The van der Waals surface area contributed by atoms with Gasteiger partial charge in [-0.25, -0.2) is 0 Å². The fraction of sp³-hybridized carbons (Fsp3) is 0.294. The standard InChI is InChI=1S/C17H14F6N4O3/c18-16(19,20)9-26(10-17(21,22)23)15(28)12-1-2-13(14(7-12)27(29)30)25-8-11-3-5-24-6-4-11/h1-7,25H,8-10H2. The molecule has 1 aromatic carbocycles. The maximum atomic E-state index is 12.6. The van der Waals surface area contributed by atoms with Gasteiger partial charge in [0.25, 0.3) is 11.6 Å². The monoisotopic (exact) mass is 436 g/mol. The Hall–Kier alpha value is -3.38. The molecule has 1 heterocycles. The fourth-order valence-electron chi connectivity index (χ4n) is 2.48. The normalized spacial score (nSPS) is 11.8. The highest BCUT2D eigenvalue weighted by Gasteiger charge is 2.40. The molecular formula is C17H14F6N4O3. The number of pyridine rings is 1. The third-order valence-corrected chi connectivity index (χ3v) is 3.70. The van der Waals surface area contributed by atoms with Gasteiger partial charge in [-0.1, -0.05) is 0 Å². The van der Waals surface area contributed by atoms with Crippen molar-refractivity contribution in [3.63, 3.8) is 0 Å². The molecule has 0 saturated carbocycles. The van der Waals surface area contributed by atoms with E-state index in [-0.39, 0.29) is 12.2 Å². The maximum absolute atomic E-state index is 12.6. The van der Waals surface area contributed by atoms with Crippen LogP contribution in [0.2, 0.25) is 0 Å². The van der Waals surface area contributed by atoms with Crippen molar-refractivity contribution in [2.24, 2.45) is 0 Å². The minimum Gasteiger partial charge on any atom is -0.375 e. The van der Waals surface area contributed by atoms with Gasteiger partial charge in [-0.3, -0.25) is 19.9 Å². The molecule has 0 bridgehead atoms. The van der Waals surface area contributed by atoms with E-state index in [1.165, 1.54) is 12.4 Å². The molecule has 0 aliphatic rings. The number of rotatable bonds is 7. The summed E-state index contributed by atoms with van der Waals surface area (Å²) in [7, 11) is 0. The molecule has 1 N–H and O–H groups in total. The molecule has 13 heteroatoms. The van der Waals surface area contributed by atoms with Crippen LogP contribution in [-0.2, 0) is 6.54 Å². The highest BCUT2D eigenvalue weighted by atomic mass is 19.4. The Morgan fingerprint density at radius 2 is 1.60 bits per heavy atom. The molecule has 0 saturated heterocycles. The third kappa shape index (κ3) is 6.90. The highest BCUT2D eigenvalue weighted by molar-refractivity contribution is 5.95. The van der Waals surface area contributed by atoms with Crippen molar-refractivity contribution in [1.82, 2.24) is 9.88 Å². The van der Waals surface area contributed by atoms with Crippen molar-refractivity contribution in [3.05, 3.63) is 64.0 Å². The Morgan fingerprint density at radius 3 is 2.10 bits per heavy atom. The first-order valence-electron chi connectivity index (χ1n) is 8.20. The van der Waals surface area contributed by atoms with Gasteiger partial charge in [0.15, 0.2) is 0 Å². The summed E-state index contributed by atoms with van der Waals surface area (Å²) in [6.45, 7) is -4.17. The quantitative estimate of drug-likeness (QED) is 0.400. The lowest BCUT2D eigenvalue weighted by molar-refractivity contribution is -0.384. The van der Waals surface area contributed by atoms with Gasteiger partial charge in [0.1, 0.15) is 18.8 Å². The lowest BCUT2D eigenvalue weighted by Gasteiger charge is -2.25. The van der Waals surface area contributed by atoms with Crippen molar-refractivity contribution in [3.8, 4) is 0 Å². The Kier molecular flexibility index (Phi) is 6.84. The van der Waals surface area contributed by atoms with Gasteiger partial charge < -0.3 is 10.2 Å². The number of benzene rings is 1. The van der Waals surface area contributed by atoms with Crippen molar-refractivity contribution in [2.75, 3.05) is 18.4 Å². The van der Waals surface area contributed by atoms with Gasteiger partial charge in [-0.15, -0.1) is 0 Å². The Bertz CT molecular complexity index is 887. The van der Waals surface area contributed by atoms with Crippen LogP contribution in [0.1, 0.15) is 15.9 Å². The predicted molar refractivity (Wildman–Crippen MR) is 92.7 cm³/mol. The molecule has 0 spiro atoms. The number of hydrogen-bond acceptors (Lipinski definition) is 5. The summed E-state index contributed by atoms with van der Waals surface area (Å²) in [5.74, 6) is -1.63. The molecule has 162 valence electrons. The Morgan fingerprint density at radius 1 is 1.03 bits per heavy atom. The van der Waals surface area contributed by atoms with Crippen molar-refractivity contribution >= 4 is 17.3 Å². The maximum Gasteiger partial charge on any atom is 0.406 e. The zero-order valence-corrected chi connectivity index (χ0v) is 15.0. The first kappa shape index (κ1) is 22.9. The van der Waals surface area contributed by atoms with E-state index in [4.69, 9.17) is 0 Å².